The number of hydrogen-bond donors (Lipinski definition) is 2. The first-order chi connectivity index (χ1) is 19.0. The number of carbonyl (C=O) groups is 1. The number of anilines is 2. The fourth-order valence-corrected chi connectivity index (χ4v) is 4.00. The zero-order valence-electron chi connectivity index (χ0n) is 20.8. The molecule has 206 valence electrons. The van der Waals surface area contributed by atoms with E-state index in [1.807, 2.05) is 0 Å². The molecule has 0 aliphatic heterocycles. The highest BCUT2D eigenvalue weighted by molar-refractivity contribution is 6.32. The summed E-state index contributed by atoms with van der Waals surface area (Å²) < 4.78 is 60.5. The number of ether oxygens (including phenoxy) is 1. The minimum atomic E-state index is -4.84. The second-order valence-corrected chi connectivity index (χ2v) is 8.96. The van der Waals surface area contributed by atoms with Crippen molar-refractivity contribution in [1.29, 1.82) is 0 Å². The third kappa shape index (κ3) is 6.49. The highest BCUT2D eigenvalue weighted by Gasteiger charge is 2.37. The topological polar surface area (TPSA) is 89.3 Å². The lowest BCUT2D eigenvalue weighted by molar-refractivity contribution is -0.138. The van der Waals surface area contributed by atoms with Crippen molar-refractivity contribution >= 4 is 40.0 Å². The molecular formula is C28H21ClF4N4O3. The third-order valence-corrected chi connectivity index (χ3v) is 5.89. The van der Waals surface area contributed by atoms with E-state index < -0.39 is 29.1 Å². The summed E-state index contributed by atoms with van der Waals surface area (Å²) >= 11 is 6.38. The average Bonchev–Trinajstić information content (AvgIpc) is 3.35. The zero-order valence-corrected chi connectivity index (χ0v) is 21.6. The standard InChI is InChI=1S/C28H21ClF4N4O3/c1-3-4-17(30)9-16(2)14-40-25-8-5-18(10-23(25)29)36-26-20-11-19(6-7-24(20)34-15-35-26)37-12-21(27(38)39)22(13-37)28(31,32)33/h3-13,15H,1,14H2,2H3,(H,38,39)(H,34,35,36)/b16-9+,17-4+. The predicted octanol–water partition coefficient (Wildman–Crippen LogP) is 7.90. The Hall–Kier alpha value is -4.64. The third-order valence-electron chi connectivity index (χ3n) is 5.59. The van der Waals surface area contributed by atoms with Gasteiger partial charge < -0.3 is 19.7 Å². The number of hydrogen-bond acceptors (Lipinski definition) is 5. The van der Waals surface area contributed by atoms with Crippen LogP contribution in [0.2, 0.25) is 5.02 Å². The molecule has 2 heterocycles. The van der Waals surface area contributed by atoms with E-state index in [1.54, 1.807) is 31.2 Å². The minimum absolute atomic E-state index is 0.100. The molecule has 0 spiro atoms. The molecule has 0 fully saturated rings. The summed E-state index contributed by atoms with van der Waals surface area (Å²) in [5, 5.41) is 13.1. The number of nitrogens with one attached hydrogen (secondary N) is 1. The van der Waals surface area contributed by atoms with Gasteiger partial charge in [0.15, 0.2) is 0 Å². The number of carboxylic acids is 1. The molecule has 4 aromatic rings. The minimum Gasteiger partial charge on any atom is -0.488 e. The van der Waals surface area contributed by atoms with Crippen LogP contribution < -0.4 is 10.1 Å². The van der Waals surface area contributed by atoms with Crippen molar-refractivity contribution in [2.75, 3.05) is 11.9 Å². The highest BCUT2D eigenvalue weighted by atomic mass is 35.5. The van der Waals surface area contributed by atoms with Crippen LogP contribution in [0.4, 0.5) is 29.1 Å². The Bertz CT molecular complexity index is 1660. The van der Waals surface area contributed by atoms with Gasteiger partial charge in [0, 0.05) is 29.2 Å². The van der Waals surface area contributed by atoms with Gasteiger partial charge in [0.2, 0.25) is 0 Å². The Balaban J connectivity index is 1.60. The van der Waals surface area contributed by atoms with Crippen molar-refractivity contribution in [2.24, 2.45) is 0 Å². The Morgan fingerprint density at radius 2 is 1.98 bits per heavy atom. The van der Waals surface area contributed by atoms with E-state index in [1.165, 1.54) is 36.7 Å². The maximum Gasteiger partial charge on any atom is 0.418 e. The number of alkyl halides is 3. The monoisotopic (exact) mass is 572 g/mol. The van der Waals surface area contributed by atoms with E-state index in [4.69, 9.17) is 16.3 Å². The van der Waals surface area contributed by atoms with E-state index in [0.717, 1.165) is 17.0 Å². The fourth-order valence-electron chi connectivity index (χ4n) is 3.77. The molecule has 2 N–H and O–H groups in total. The van der Waals surface area contributed by atoms with Crippen LogP contribution in [-0.2, 0) is 6.18 Å². The molecule has 0 saturated heterocycles. The number of allylic oxidation sites excluding steroid dienone is 4. The smallest absolute Gasteiger partial charge is 0.418 e. The van der Waals surface area contributed by atoms with Gasteiger partial charge in [0.1, 0.15) is 30.3 Å². The Labute approximate surface area is 230 Å². The van der Waals surface area contributed by atoms with Gasteiger partial charge in [-0.25, -0.2) is 19.2 Å². The lowest BCUT2D eigenvalue weighted by Gasteiger charge is -2.13. The molecule has 2 aromatic carbocycles. The van der Waals surface area contributed by atoms with Crippen LogP contribution in [0.15, 0.2) is 91.3 Å². The van der Waals surface area contributed by atoms with Crippen LogP contribution in [0.1, 0.15) is 22.8 Å². The first kappa shape index (κ1) is 28.4. The Morgan fingerprint density at radius 1 is 1.20 bits per heavy atom. The number of aromatic nitrogens is 3. The van der Waals surface area contributed by atoms with Gasteiger partial charge in [-0.05, 0) is 61.0 Å². The van der Waals surface area contributed by atoms with Gasteiger partial charge in [-0.15, -0.1) is 0 Å². The van der Waals surface area contributed by atoms with E-state index in [9.17, 15) is 27.5 Å². The maximum absolute atomic E-state index is 13.6. The molecule has 0 radical (unpaired) electrons. The Kier molecular flexibility index (Phi) is 8.24. The number of aromatic carboxylic acids is 1. The lowest BCUT2D eigenvalue weighted by Crippen LogP contribution is -2.09. The van der Waals surface area contributed by atoms with Gasteiger partial charge in [-0.2, -0.15) is 13.2 Å². The normalized spacial score (nSPS) is 12.4. The number of nitrogens with zero attached hydrogens (tertiary/aromatic N) is 3. The quantitative estimate of drug-likeness (QED) is 0.156. The molecule has 0 atom stereocenters. The van der Waals surface area contributed by atoms with Crippen molar-refractivity contribution < 1.29 is 32.2 Å². The molecule has 0 amide bonds. The summed E-state index contributed by atoms with van der Waals surface area (Å²) in [6.07, 6.45) is 1.99. The van der Waals surface area contributed by atoms with E-state index in [0.29, 0.717) is 33.7 Å². The van der Waals surface area contributed by atoms with Crippen molar-refractivity contribution in [1.82, 2.24) is 14.5 Å². The molecule has 12 heteroatoms. The second kappa shape index (κ2) is 11.6. The molecule has 4 rings (SSSR count). The van der Waals surface area contributed by atoms with E-state index in [-0.39, 0.29) is 17.3 Å². The molecule has 0 bridgehead atoms. The Morgan fingerprint density at radius 3 is 2.62 bits per heavy atom. The predicted molar refractivity (Wildman–Crippen MR) is 144 cm³/mol. The van der Waals surface area contributed by atoms with Crippen LogP contribution >= 0.6 is 11.6 Å². The van der Waals surface area contributed by atoms with Crippen molar-refractivity contribution in [3.8, 4) is 11.4 Å². The fraction of sp³-hybridized carbons (Fsp3) is 0.107. The number of carboxylic acid groups (broad SMARTS) is 1. The summed E-state index contributed by atoms with van der Waals surface area (Å²) in [5.74, 6) is -1.45. The van der Waals surface area contributed by atoms with Crippen molar-refractivity contribution in [2.45, 2.75) is 13.1 Å². The van der Waals surface area contributed by atoms with Crippen LogP contribution in [0.5, 0.6) is 5.75 Å². The van der Waals surface area contributed by atoms with Gasteiger partial charge in [-0.1, -0.05) is 24.3 Å². The zero-order chi connectivity index (χ0) is 29.0. The highest BCUT2D eigenvalue weighted by Crippen LogP contribution is 2.35. The number of benzene rings is 2. The van der Waals surface area contributed by atoms with E-state index >= 15 is 0 Å². The lowest BCUT2D eigenvalue weighted by atomic mass is 10.2. The summed E-state index contributed by atoms with van der Waals surface area (Å²) in [5.41, 5.74) is -0.206. The number of rotatable bonds is 9. The van der Waals surface area contributed by atoms with Crippen LogP contribution in [0.3, 0.4) is 0 Å². The summed E-state index contributed by atoms with van der Waals surface area (Å²) in [7, 11) is 0. The SMILES string of the molecule is C=C/C=C(F)\C=C(/C)COc1ccc(Nc2ncnc3ccc(-n4cc(C(=O)O)c(C(F)(F)F)c4)cc23)cc1Cl. The number of fused-ring (bicyclic) bond motifs is 1. The van der Waals surface area contributed by atoms with Gasteiger partial charge >= 0.3 is 12.1 Å². The molecule has 7 nitrogen and oxygen atoms in total. The van der Waals surface area contributed by atoms with Crippen LogP contribution in [0.25, 0.3) is 16.6 Å². The van der Waals surface area contributed by atoms with E-state index in [2.05, 4.69) is 21.9 Å². The average molecular weight is 573 g/mol. The number of halogens is 5. The first-order valence-corrected chi connectivity index (χ1v) is 12.0. The van der Waals surface area contributed by atoms with Gasteiger partial charge in [-0.3, -0.25) is 0 Å². The molecule has 0 aliphatic carbocycles. The van der Waals surface area contributed by atoms with Crippen LogP contribution in [0, 0.1) is 0 Å². The second-order valence-electron chi connectivity index (χ2n) is 8.56. The maximum atomic E-state index is 13.6. The molecular weight excluding hydrogens is 552 g/mol. The summed E-state index contributed by atoms with van der Waals surface area (Å²) in [4.78, 5) is 19.8. The molecule has 2 aromatic heterocycles. The molecule has 0 aliphatic rings. The van der Waals surface area contributed by atoms with Crippen molar-refractivity contribution in [3.05, 3.63) is 107 Å². The van der Waals surface area contributed by atoms with Gasteiger partial charge in [0.05, 0.1) is 21.7 Å². The van der Waals surface area contributed by atoms with Gasteiger partial charge in [0.25, 0.3) is 0 Å². The summed E-state index contributed by atoms with van der Waals surface area (Å²) in [6.45, 7) is 5.24. The van der Waals surface area contributed by atoms with Crippen LogP contribution in [-0.4, -0.2) is 32.2 Å². The molecule has 0 unspecified atom stereocenters. The largest absolute Gasteiger partial charge is 0.488 e. The molecule has 40 heavy (non-hydrogen) atoms. The summed E-state index contributed by atoms with van der Waals surface area (Å²) in [6, 6.07) is 9.53. The van der Waals surface area contributed by atoms with Crippen molar-refractivity contribution in [3.63, 3.8) is 0 Å². The first-order valence-electron chi connectivity index (χ1n) is 11.6. The molecule has 0 saturated carbocycles.